The fourth-order valence-electron chi connectivity index (χ4n) is 4.91. The Kier molecular flexibility index (Phi) is 8.70. The van der Waals surface area contributed by atoms with E-state index in [-0.39, 0.29) is 18.0 Å². The van der Waals surface area contributed by atoms with Crippen LogP contribution in [0.5, 0.6) is 0 Å². The maximum Gasteiger partial charge on any atom is 0.435 e. The van der Waals surface area contributed by atoms with Crippen molar-refractivity contribution in [3.63, 3.8) is 0 Å². The number of halogens is 3. The van der Waals surface area contributed by atoms with Crippen molar-refractivity contribution in [2.24, 2.45) is 0 Å². The van der Waals surface area contributed by atoms with Crippen molar-refractivity contribution in [3.05, 3.63) is 75.3 Å². The standard InChI is InChI=1S/C29H31F3N6O2S/c1-18(28(40)36(4)5)38-16-24(27(34-38)29(30,31)32)21-10-7-6-9-20(21)23-15-37(26(39)11-8-12-35(2)3)17-25-22(23)13-19(14-33)41-25/h6-11,13,16,18,23H,12,15,17H2,1-5H3/b11-8+/t18?,23-/m0/s1. The summed E-state index contributed by atoms with van der Waals surface area (Å²) in [7, 11) is 6.84. The summed E-state index contributed by atoms with van der Waals surface area (Å²) in [6, 6.07) is 9.69. The molecule has 1 aliphatic rings. The van der Waals surface area contributed by atoms with Crippen molar-refractivity contribution in [3.8, 4) is 17.2 Å². The summed E-state index contributed by atoms with van der Waals surface area (Å²) in [6.45, 7) is 2.61. The van der Waals surface area contributed by atoms with Crippen molar-refractivity contribution >= 4 is 23.2 Å². The molecule has 41 heavy (non-hydrogen) atoms. The van der Waals surface area contributed by atoms with Gasteiger partial charge in [-0.1, -0.05) is 30.3 Å². The molecule has 0 N–H and O–H groups in total. The van der Waals surface area contributed by atoms with Gasteiger partial charge in [-0.25, -0.2) is 0 Å². The molecular formula is C29H31F3N6O2S. The normalized spacial score (nSPS) is 16.1. The second-order valence-corrected chi connectivity index (χ2v) is 11.5. The molecular weight excluding hydrogens is 553 g/mol. The van der Waals surface area contributed by atoms with E-state index >= 15 is 0 Å². The lowest BCUT2D eigenvalue weighted by atomic mass is 9.83. The van der Waals surface area contributed by atoms with Crippen molar-refractivity contribution in [1.29, 1.82) is 5.26 Å². The number of amides is 2. The molecule has 3 aromatic rings. The molecule has 3 heterocycles. The van der Waals surface area contributed by atoms with Crippen molar-refractivity contribution in [2.45, 2.75) is 31.6 Å². The molecule has 0 aliphatic carbocycles. The second-order valence-electron chi connectivity index (χ2n) is 10.4. The Morgan fingerprint density at radius 1 is 1.20 bits per heavy atom. The first-order valence-electron chi connectivity index (χ1n) is 12.9. The smallest absolute Gasteiger partial charge is 0.347 e. The minimum absolute atomic E-state index is 0.155. The maximum atomic E-state index is 14.3. The Morgan fingerprint density at radius 3 is 2.54 bits per heavy atom. The first-order valence-corrected chi connectivity index (χ1v) is 13.7. The SMILES string of the molecule is CC(C(=O)N(C)C)n1cc(-c2ccccc2[C@@H]2CN(C(=O)/C=C/CN(C)C)Cc3sc(C#N)cc32)c(C(F)(F)F)n1. The van der Waals surface area contributed by atoms with Gasteiger partial charge in [0, 0.05) is 55.8 Å². The minimum Gasteiger partial charge on any atom is -0.347 e. The zero-order valence-corrected chi connectivity index (χ0v) is 24.3. The summed E-state index contributed by atoms with van der Waals surface area (Å²) in [5, 5.41) is 13.4. The molecule has 0 saturated carbocycles. The number of fused-ring (bicyclic) bond motifs is 1. The lowest BCUT2D eigenvalue weighted by Gasteiger charge is -2.33. The molecule has 1 aromatic carbocycles. The van der Waals surface area contributed by atoms with E-state index in [9.17, 15) is 28.0 Å². The Hall–Kier alpha value is -3.95. The maximum absolute atomic E-state index is 14.3. The van der Waals surface area contributed by atoms with E-state index in [0.717, 1.165) is 15.1 Å². The lowest BCUT2D eigenvalue weighted by Crippen LogP contribution is -2.37. The van der Waals surface area contributed by atoms with E-state index in [2.05, 4.69) is 11.2 Å². The third-order valence-corrected chi connectivity index (χ3v) is 7.97. The van der Waals surface area contributed by atoms with Gasteiger partial charge in [0.2, 0.25) is 11.8 Å². The average Bonchev–Trinajstić information content (AvgIpc) is 3.56. The van der Waals surface area contributed by atoms with Crippen LogP contribution >= 0.6 is 11.3 Å². The fourth-order valence-corrected chi connectivity index (χ4v) is 5.94. The molecule has 1 aliphatic heterocycles. The first-order chi connectivity index (χ1) is 19.3. The van der Waals surface area contributed by atoms with Gasteiger partial charge in [0.05, 0.1) is 6.54 Å². The highest BCUT2D eigenvalue weighted by Crippen LogP contribution is 2.44. The predicted molar refractivity (Wildman–Crippen MR) is 150 cm³/mol. The molecule has 1 unspecified atom stereocenters. The molecule has 12 heteroatoms. The molecule has 0 bridgehead atoms. The summed E-state index contributed by atoms with van der Waals surface area (Å²) >= 11 is 1.28. The van der Waals surface area contributed by atoms with E-state index < -0.39 is 29.7 Å². The van der Waals surface area contributed by atoms with E-state index in [0.29, 0.717) is 29.1 Å². The highest BCUT2D eigenvalue weighted by molar-refractivity contribution is 7.12. The van der Waals surface area contributed by atoms with Crippen LogP contribution in [0.3, 0.4) is 0 Å². The van der Waals surface area contributed by atoms with E-state index in [4.69, 9.17) is 0 Å². The number of benzene rings is 1. The summed E-state index contributed by atoms with van der Waals surface area (Å²) in [5.41, 5.74) is 0.439. The molecule has 8 nitrogen and oxygen atoms in total. The van der Waals surface area contributed by atoms with Gasteiger partial charge in [-0.05, 0) is 43.8 Å². The van der Waals surface area contributed by atoms with Crippen LogP contribution in [0.4, 0.5) is 13.2 Å². The Morgan fingerprint density at radius 2 is 1.90 bits per heavy atom. The van der Waals surface area contributed by atoms with Gasteiger partial charge < -0.3 is 14.7 Å². The van der Waals surface area contributed by atoms with Crippen molar-refractivity contribution in [1.82, 2.24) is 24.5 Å². The van der Waals surface area contributed by atoms with Crippen molar-refractivity contribution in [2.75, 3.05) is 41.3 Å². The Bertz CT molecular complexity index is 1520. The molecule has 2 atom stereocenters. The van der Waals surface area contributed by atoms with Crippen LogP contribution in [-0.4, -0.2) is 77.6 Å². The molecule has 4 rings (SSSR count). The molecule has 0 fully saturated rings. The Labute approximate surface area is 240 Å². The van der Waals surface area contributed by atoms with Crippen LogP contribution in [0, 0.1) is 11.3 Å². The van der Waals surface area contributed by atoms with Crippen LogP contribution in [0.25, 0.3) is 11.1 Å². The van der Waals surface area contributed by atoms with Gasteiger partial charge in [-0.15, -0.1) is 11.3 Å². The number of likely N-dealkylation sites (N-methyl/N-ethyl adjacent to an activating group) is 2. The van der Waals surface area contributed by atoms with Crippen LogP contribution < -0.4 is 0 Å². The van der Waals surface area contributed by atoms with E-state index in [1.807, 2.05) is 19.0 Å². The molecule has 2 amide bonds. The molecule has 0 radical (unpaired) electrons. The summed E-state index contributed by atoms with van der Waals surface area (Å²) in [4.78, 5) is 31.9. The van der Waals surface area contributed by atoms with E-state index in [1.54, 1.807) is 41.3 Å². The van der Waals surface area contributed by atoms with Gasteiger partial charge >= 0.3 is 6.18 Å². The third kappa shape index (κ3) is 6.36. The summed E-state index contributed by atoms with van der Waals surface area (Å²) in [6.07, 6.45) is -0.252. The van der Waals surface area contributed by atoms with Gasteiger partial charge in [-0.2, -0.15) is 23.5 Å². The second kappa shape index (κ2) is 11.9. The highest BCUT2D eigenvalue weighted by Gasteiger charge is 2.40. The average molecular weight is 585 g/mol. The van der Waals surface area contributed by atoms with Crippen LogP contribution in [-0.2, 0) is 22.3 Å². The number of alkyl halides is 3. The number of hydrogen-bond donors (Lipinski definition) is 0. The summed E-state index contributed by atoms with van der Waals surface area (Å²) < 4.78 is 44.0. The van der Waals surface area contributed by atoms with Gasteiger partial charge in [0.25, 0.3) is 0 Å². The number of aromatic nitrogens is 2. The Balaban J connectivity index is 1.83. The molecule has 0 saturated heterocycles. The quantitative estimate of drug-likeness (QED) is 0.375. The zero-order chi connectivity index (χ0) is 30.1. The van der Waals surface area contributed by atoms with Crippen LogP contribution in [0.1, 0.15) is 45.5 Å². The summed E-state index contributed by atoms with van der Waals surface area (Å²) in [5.74, 6) is -1.09. The molecule has 0 spiro atoms. The number of thiophene rings is 1. The number of carbonyl (C=O) groups excluding carboxylic acids is 2. The van der Waals surface area contributed by atoms with Crippen LogP contribution in [0.2, 0.25) is 0 Å². The van der Waals surface area contributed by atoms with Gasteiger partial charge in [0.1, 0.15) is 17.0 Å². The fraction of sp³-hybridized carbons (Fsp3) is 0.379. The molecule has 2 aromatic heterocycles. The molecule has 216 valence electrons. The highest BCUT2D eigenvalue weighted by atomic mass is 32.1. The monoisotopic (exact) mass is 584 g/mol. The number of hydrogen-bond acceptors (Lipinski definition) is 6. The minimum atomic E-state index is -4.78. The van der Waals surface area contributed by atoms with Crippen molar-refractivity contribution < 1.29 is 22.8 Å². The largest absolute Gasteiger partial charge is 0.435 e. The number of nitriles is 1. The number of carbonyl (C=O) groups is 2. The van der Waals surface area contributed by atoms with Crippen LogP contribution in [0.15, 0.2) is 48.7 Å². The van der Waals surface area contributed by atoms with E-state index in [1.165, 1.54) is 49.5 Å². The number of nitrogens with zero attached hydrogens (tertiary/aromatic N) is 6. The van der Waals surface area contributed by atoms with Gasteiger partial charge in [-0.3, -0.25) is 14.3 Å². The lowest BCUT2D eigenvalue weighted by molar-refractivity contribution is -0.142. The zero-order valence-electron chi connectivity index (χ0n) is 23.4. The third-order valence-electron chi connectivity index (χ3n) is 6.93. The predicted octanol–water partition coefficient (Wildman–Crippen LogP) is 4.74. The topological polar surface area (TPSA) is 85.5 Å². The number of rotatable bonds is 7. The first kappa shape index (κ1) is 30.0. The van der Waals surface area contributed by atoms with Gasteiger partial charge in [0.15, 0.2) is 5.69 Å².